The van der Waals surface area contributed by atoms with E-state index in [9.17, 15) is 14.0 Å². The Balaban J connectivity index is 0.00000243. The van der Waals surface area contributed by atoms with Gasteiger partial charge in [-0.3, -0.25) is 9.59 Å². The van der Waals surface area contributed by atoms with Crippen LogP contribution in [0.3, 0.4) is 0 Å². The number of ether oxygens (including phenoxy) is 1. The normalized spacial score (nSPS) is 22.8. The van der Waals surface area contributed by atoms with Gasteiger partial charge >= 0.3 is 0 Å². The fourth-order valence-electron chi connectivity index (χ4n) is 3.36. The van der Waals surface area contributed by atoms with Gasteiger partial charge in [0, 0.05) is 32.7 Å². The molecule has 0 radical (unpaired) electrons. The molecule has 2 atom stereocenters. The van der Waals surface area contributed by atoms with Gasteiger partial charge in [-0.25, -0.2) is 4.39 Å². The quantitative estimate of drug-likeness (QED) is 0.837. The fraction of sp³-hybridized carbons (Fsp3) is 0.556. The zero-order valence-corrected chi connectivity index (χ0v) is 15.4. The van der Waals surface area contributed by atoms with Crippen molar-refractivity contribution in [1.29, 1.82) is 0 Å². The summed E-state index contributed by atoms with van der Waals surface area (Å²) in [6, 6.07) is 6.31. The lowest BCUT2D eigenvalue weighted by molar-refractivity contribution is -0.147. The van der Waals surface area contributed by atoms with Crippen LogP contribution in [0.25, 0.3) is 0 Å². The molecule has 1 aromatic carbocycles. The Labute approximate surface area is 158 Å². The average Bonchev–Trinajstić information content (AvgIpc) is 3.12. The van der Waals surface area contributed by atoms with Crippen LogP contribution in [0.4, 0.5) is 4.39 Å². The van der Waals surface area contributed by atoms with Crippen molar-refractivity contribution in [3.8, 4) is 0 Å². The van der Waals surface area contributed by atoms with Crippen LogP contribution in [-0.2, 0) is 20.7 Å². The maximum atomic E-state index is 13.7. The number of nitrogens with two attached hydrogens (primary N) is 1. The van der Waals surface area contributed by atoms with Gasteiger partial charge in [-0.05, 0) is 24.5 Å². The van der Waals surface area contributed by atoms with Crippen LogP contribution >= 0.6 is 12.4 Å². The molecule has 0 aromatic heterocycles. The molecule has 144 valence electrons. The molecule has 3 rings (SSSR count). The number of piperazine rings is 1. The summed E-state index contributed by atoms with van der Waals surface area (Å²) >= 11 is 0. The maximum Gasteiger partial charge on any atom is 0.251 e. The summed E-state index contributed by atoms with van der Waals surface area (Å²) in [5, 5.41) is 0. The highest BCUT2D eigenvalue weighted by Crippen LogP contribution is 2.21. The van der Waals surface area contributed by atoms with Gasteiger partial charge in [-0.2, -0.15) is 0 Å². The second-order valence-electron chi connectivity index (χ2n) is 6.53. The van der Waals surface area contributed by atoms with Crippen LogP contribution in [0.1, 0.15) is 18.4 Å². The molecule has 6 nitrogen and oxygen atoms in total. The first-order chi connectivity index (χ1) is 12.1. The Morgan fingerprint density at radius 1 is 1.12 bits per heavy atom. The zero-order chi connectivity index (χ0) is 17.8. The lowest BCUT2D eigenvalue weighted by atomic mass is 10.1. The van der Waals surface area contributed by atoms with Crippen LogP contribution in [0, 0.1) is 5.82 Å². The van der Waals surface area contributed by atoms with Crippen molar-refractivity contribution in [3.63, 3.8) is 0 Å². The Hall–Kier alpha value is -1.70. The lowest BCUT2D eigenvalue weighted by Gasteiger charge is -2.36. The summed E-state index contributed by atoms with van der Waals surface area (Å²) in [4.78, 5) is 28.3. The van der Waals surface area contributed by atoms with Crippen molar-refractivity contribution >= 4 is 24.2 Å². The molecule has 0 bridgehead atoms. The second-order valence-corrected chi connectivity index (χ2v) is 6.53. The molecule has 2 amide bonds. The van der Waals surface area contributed by atoms with E-state index in [0.717, 1.165) is 6.42 Å². The number of hydrogen-bond donors (Lipinski definition) is 1. The summed E-state index contributed by atoms with van der Waals surface area (Å²) in [5.74, 6) is -0.493. The first kappa shape index (κ1) is 20.6. The number of carbonyl (C=O) groups is 2. The van der Waals surface area contributed by atoms with E-state index in [4.69, 9.17) is 10.5 Å². The van der Waals surface area contributed by atoms with Gasteiger partial charge < -0.3 is 20.3 Å². The van der Waals surface area contributed by atoms with Gasteiger partial charge in [0.2, 0.25) is 5.91 Å². The van der Waals surface area contributed by atoms with E-state index in [1.807, 2.05) is 0 Å². The molecular weight excluding hydrogens is 361 g/mol. The number of nitrogens with zero attached hydrogens (tertiary/aromatic N) is 2. The topological polar surface area (TPSA) is 75.9 Å². The maximum absolute atomic E-state index is 13.7. The first-order valence-electron chi connectivity index (χ1n) is 8.74. The van der Waals surface area contributed by atoms with Crippen molar-refractivity contribution in [1.82, 2.24) is 9.80 Å². The monoisotopic (exact) mass is 385 g/mol. The summed E-state index contributed by atoms with van der Waals surface area (Å²) in [7, 11) is 0. The molecule has 0 spiro atoms. The average molecular weight is 386 g/mol. The standard InChI is InChI=1S/C18H24FN3O3.ClH/c19-15-4-2-1-3-13(15)11-17(23)21-7-9-22(10-8-21)18(24)16-6-5-14(12-20)25-16;/h1-4,14,16H,5-12,20H2;1H/t14-,16+;/m1./s1. The van der Waals surface area contributed by atoms with Crippen LogP contribution in [0.2, 0.25) is 0 Å². The highest BCUT2D eigenvalue weighted by molar-refractivity contribution is 5.85. The van der Waals surface area contributed by atoms with Crippen molar-refractivity contribution in [3.05, 3.63) is 35.6 Å². The van der Waals surface area contributed by atoms with Crippen LogP contribution in [-0.4, -0.2) is 66.5 Å². The molecule has 8 heteroatoms. The molecule has 0 unspecified atom stereocenters. The van der Waals surface area contributed by atoms with Crippen molar-refractivity contribution < 1.29 is 18.7 Å². The van der Waals surface area contributed by atoms with Gasteiger partial charge in [0.1, 0.15) is 11.9 Å². The minimum absolute atomic E-state index is 0. The largest absolute Gasteiger partial charge is 0.364 e. The van der Waals surface area contributed by atoms with Crippen LogP contribution in [0.5, 0.6) is 0 Å². The van der Waals surface area contributed by atoms with Crippen molar-refractivity contribution in [2.45, 2.75) is 31.5 Å². The number of rotatable bonds is 4. The van der Waals surface area contributed by atoms with Crippen LogP contribution < -0.4 is 5.73 Å². The second kappa shape index (κ2) is 9.30. The molecular formula is C18H25ClFN3O3. The molecule has 0 saturated carbocycles. The molecule has 2 aliphatic heterocycles. The van der Waals surface area contributed by atoms with E-state index in [1.54, 1.807) is 28.0 Å². The first-order valence-corrected chi connectivity index (χ1v) is 8.74. The molecule has 1 aromatic rings. The Kier molecular flexibility index (Phi) is 7.37. The molecule has 2 saturated heterocycles. The summed E-state index contributed by atoms with van der Waals surface area (Å²) in [6.45, 7) is 2.32. The highest BCUT2D eigenvalue weighted by atomic mass is 35.5. The molecule has 2 aliphatic rings. The van der Waals surface area contributed by atoms with E-state index in [2.05, 4.69) is 0 Å². The summed E-state index contributed by atoms with van der Waals surface area (Å²) < 4.78 is 19.3. The van der Waals surface area contributed by atoms with E-state index < -0.39 is 6.10 Å². The van der Waals surface area contributed by atoms with E-state index in [0.29, 0.717) is 44.7 Å². The number of halogens is 2. The fourth-order valence-corrected chi connectivity index (χ4v) is 3.36. The van der Waals surface area contributed by atoms with Gasteiger partial charge in [-0.1, -0.05) is 18.2 Å². The van der Waals surface area contributed by atoms with E-state index >= 15 is 0 Å². The minimum atomic E-state index is -0.408. The Morgan fingerprint density at radius 3 is 2.38 bits per heavy atom. The molecule has 2 heterocycles. The Bertz CT molecular complexity index is 638. The zero-order valence-electron chi connectivity index (χ0n) is 14.6. The van der Waals surface area contributed by atoms with E-state index in [-0.39, 0.29) is 42.6 Å². The molecule has 2 fully saturated rings. The summed E-state index contributed by atoms with van der Waals surface area (Å²) in [6.07, 6.45) is 1.12. The number of amides is 2. The van der Waals surface area contributed by atoms with Gasteiger partial charge in [-0.15, -0.1) is 12.4 Å². The third-order valence-electron chi connectivity index (χ3n) is 4.89. The predicted molar refractivity (Wildman–Crippen MR) is 97.5 cm³/mol. The smallest absolute Gasteiger partial charge is 0.251 e. The third-order valence-corrected chi connectivity index (χ3v) is 4.89. The van der Waals surface area contributed by atoms with E-state index in [1.165, 1.54) is 6.07 Å². The number of carbonyl (C=O) groups excluding carboxylic acids is 2. The van der Waals surface area contributed by atoms with Gasteiger partial charge in [0.15, 0.2) is 0 Å². The van der Waals surface area contributed by atoms with Gasteiger partial charge in [0.05, 0.1) is 12.5 Å². The van der Waals surface area contributed by atoms with Crippen molar-refractivity contribution in [2.24, 2.45) is 5.73 Å². The van der Waals surface area contributed by atoms with Crippen LogP contribution in [0.15, 0.2) is 24.3 Å². The van der Waals surface area contributed by atoms with Gasteiger partial charge in [0.25, 0.3) is 5.91 Å². The molecule has 26 heavy (non-hydrogen) atoms. The molecule has 0 aliphatic carbocycles. The highest BCUT2D eigenvalue weighted by Gasteiger charge is 2.34. The number of hydrogen-bond acceptors (Lipinski definition) is 4. The number of benzene rings is 1. The predicted octanol–water partition coefficient (Wildman–Crippen LogP) is 0.967. The minimum Gasteiger partial charge on any atom is -0.364 e. The van der Waals surface area contributed by atoms with Crippen molar-refractivity contribution in [2.75, 3.05) is 32.7 Å². The summed E-state index contributed by atoms with van der Waals surface area (Å²) in [5.41, 5.74) is 5.98. The SMILES string of the molecule is Cl.NC[C@H]1CC[C@@H](C(=O)N2CCN(C(=O)Cc3ccccc3F)CC2)O1. The lowest BCUT2D eigenvalue weighted by Crippen LogP contribution is -2.53. The third kappa shape index (κ3) is 4.72. The Morgan fingerprint density at radius 2 is 1.77 bits per heavy atom. The molecule has 2 N–H and O–H groups in total.